The maximum Gasteiger partial charge on any atom is 0.317 e. The van der Waals surface area contributed by atoms with E-state index in [2.05, 4.69) is 12.2 Å². The molecule has 0 saturated carbocycles. The van der Waals surface area contributed by atoms with Crippen LogP contribution in [0.15, 0.2) is 0 Å². The predicted molar refractivity (Wildman–Crippen MR) is 75.1 cm³/mol. The van der Waals surface area contributed by atoms with Crippen molar-refractivity contribution in [2.45, 2.75) is 38.4 Å². The number of ether oxygens (including phenoxy) is 2. The van der Waals surface area contributed by atoms with E-state index >= 15 is 0 Å². The average Bonchev–Trinajstić information content (AvgIpc) is 2.91. The fourth-order valence-corrected chi connectivity index (χ4v) is 2.93. The first-order chi connectivity index (χ1) is 10.1. The van der Waals surface area contributed by atoms with Crippen molar-refractivity contribution in [3.05, 3.63) is 0 Å². The zero-order valence-electron chi connectivity index (χ0n) is 12.4. The van der Waals surface area contributed by atoms with Crippen molar-refractivity contribution in [2.24, 2.45) is 5.92 Å². The van der Waals surface area contributed by atoms with Crippen LogP contribution in [0.3, 0.4) is 0 Å². The summed E-state index contributed by atoms with van der Waals surface area (Å²) in [4.78, 5) is 24.5. The number of nitrogens with zero attached hydrogens (tertiary/aromatic N) is 1. The minimum atomic E-state index is -0.906. The average molecular weight is 300 g/mol. The van der Waals surface area contributed by atoms with Crippen molar-refractivity contribution in [1.29, 1.82) is 0 Å². The summed E-state index contributed by atoms with van der Waals surface area (Å²) in [5.41, 5.74) is 0. The van der Waals surface area contributed by atoms with Crippen LogP contribution < -0.4 is 5.32 Å². The molecular formula is C14H24N2O5. The predicted octanol–water partition coefficient (Wildman–Crippen LogP) is 0.687. The third-order valence-corrected chi connectivity index (χ3v) is 4.09. The van der Waals surface area contributed by atoms with Gasteiger partial charge in [0.15, 0.2) is 0 Å². The second-order valence-corrected chi connectivity index (χ2v) is 5.59. The Morgan fingerprint density at radius 3 is 2.86 bits per heavy atom. The number of rotatable bonds is 5. The first kappa shape index (κ1) is 16.0. The molecule has 2 heterocycles. The number of hydrogen-bond acceptors (Lipinski definition) is 4. The van der Waals surface area contributed by atoms with Gasteiger partial charge in [-0.25, -0.2) is 4.79 Å². The maximum absolute atomic E-state index is 12.2. The molecule has 2 fully saturated rings. The number of carbonyl (C=O) groups excluding carboxylic acids is 1. The summed E-state index contributed by atoms with van der Waals surface area (Å²) in [5, 5.41) is 11.7. The second-order valence-electron chi connectivity index (χ2n) is 5.59. The van der Waals surface area contributed by atoms with Gasteiger partial charge in [-0.15, -0.1) is 0 Å². The molecule has 7 nitrogen and oxygen atoms in total. The third-order valence-electron chi connectivity index (χ3n) is 4.09. The zero-order valence-corrected chi connectivity index (χ0v) is 12.4. The standard InChI is InChI=1S/C14H24N2O5/c1-2-12-10(3-5-21-12)8-15-14(19)16-4-6-20-11(9-16)7-13(17)18/h10-12H,2-9H2,1H3,(H,15,19)(H,17,18). The number of nitrogens with one attached hydrogen (secondary N) is 1. The minimum absolute atomic E-state index is 0.0713. The molecule has 0 aliphatic carbocycles. The lowest BCUT2D eigenvalue weighted by Crippen LogP contribution is -2.51. The van der Waals surface area contributed by atoms with E-state index < -0.39 is 12.1 Å². The molecular weight excluding hydrogens is 276 g/mol. The molecule has 2 amide bonds. The molecule has 2 rings (SSSR count). The summed E-state index contributed by atoms with van der Waals surface area (Å²) in [5.74, 6) is -0.536. The molecule has 3 atom stereocenters. The molecule has 2 saturated heterocycles. The fraction of sp³-hybridized carbons (Fsp3) is 0.857. The largest absolute Gasteiger partial charge is 0.481 e. The van der Waals surface area contributed by atoms with Gasteiger partial charge < -0.3 is 24.8 Å². The lowest BCUT2D eigenvalue weighted by atomic mass is 10.00. The van der Waals surface area contributed by atoms with Gasteiger partial charge in [-0.1, -0.05) is 6.92 Å². The number of morpholine rings is 1. The van der Waals surface area contributed by atoms with E-state index in [1.807, 2.05) is 0 Å². The Morgan fingerprint density at radius 2 is 2.14 bits per heavy atom. The van der Waals surface area contributed by atoms with Crippen molar-refractivity contribution in [3.8, 4) is 0 Å². The highest BCUT2D eigenvalue weighted by Gasteiger charge is 2.29. The Morgan fingerprint density at radius 1 is 1.33 bits per heavy atom. The van der Waals surface area contributed by atoms with E-state index in [1.54, 1.807) is 4.90 Å². The summed E-state index contributed by atoms with van der Waals surface area (Å²) < 4.78 is 11.0. The van der Waals surface area contributed by atoms with Crippen LogP contribution >= 0.6 is 0 Å². The number of carboxylic acid groups (broad SMARTS) is 1. The molecule has 0 spiro atoms. The molecule has 0 aromatic heterocycles. The van der Waals surface area contributed by atoms with Crippen molar-refractivity contribution in [1.82, 2.24) is 10.2 Å². The number of aliphatic carboxylic acids is 1. The zero-order chi connectivity index (χ0) is 15.2. The highest BCUT2D eigenvalue weighted by Crippen LogP contribution is 2.22. The summed E-state index contributed by atoms with van der Waals surface area (Å²) in [6.45, 7) is 4.67. The number of carboxylic acids is 1. The van der Waals surface area contributed by atoms with Crippen LogP contribution in [0.25, 0.3) is 0 Å². The van der Waals surface area contributed by atoms with Gasteiger partial charge in [0.1, 0.15) is 0 Å². The first-order valence-corrected chi connectivity index (χ1v) is 7.58. The number of hydrogen-bond donors (Lipinski definition) is 2. The van der Waals surface area contributed by atoms with Crippen LogP contribution in [0.1, 0.15) is 26.2 Å². The quantitative estimate of drug-likeness (QED) is 0.780. The van der Waals surface area contributed by atoms with Gasteiger partial charge in [-0.2, -0.15) is 0 Å². The lowest BCUT2D eigenvalue weighted by molar-refractivity contribution is -0.141. The molecule has 7 heteroatoms. The number of urea groups is 1. The van der Waals surface area contributed by atoms with Crippen LogP contribution in [-0.2, 0) is 14.3 Å². The first-order valence-electron chi connectivity index (χ1n) is 7.58. The van der Waals surface area contributed by atoms with Gasteiger partial charge in [-0.05, 0) is 12.8 Å². The Labute approximate surface area is 124 Å². The van der Waals surface area contributed by atoms with Gasteiger partial charge in [0.05, 0.1) is 25.2 Å². The van der Waals surface area contributed by atoms with Gasteiger partial charge in [0, 0.05) is 32.2 Å². The summed E-state index contributed by atoms with van der Waals surface area (Å²) in [6.07, 6.45) is 1.68. The van der Waals surface area contributed by atoms with E-state index in [0.717, 1.165) is 19.4 Å². The Hall–Kier alpha value is -1.34. The molecule has 120 valence electrons. The molecule has 0 radical (unpaired) electrons. The second kappa shape index (κ2) is 7.61. The lowest BCUT2D eigenvalue weighted by Gasteiger charge is -2.32. The molecule has 0 aromatic carbocycles. The van der Waals surface area contributed by atoms with Crippen LogP contribution in [0.4, 0.5) is 4.79 Å². The molecule has 0 aromatic rings. The minimum Gasteiger partial charge on any atom is -0.481 e. The molecule has 2 aliphatic heterocycles. The topological polar surface area (TPSA) is 88.1 Å². The van der Waals surface area contributed by atoms with Crippen LogP contribution in [-0.4, -0.2) is 67.1 Å². The Bertz CT molecular complexity index is 376. The van der Waals surface area contributed by atoms with E-state index in [1.165, 1.54) is 0 Å². The number of amides is 2. The van der Waals surface area contributed by atoms with Crippen molar-refractivity contribution in [2.75, 3.05) is 32.8 Å². The van der Waals surface area contributed by atoms with Crippen LogP contribution in [0.5, 0.6) is 0 Å². The molecule has 3 unspecified atom stereocenters. The van der Waals surface area contributed by atoms with Crippen LogP contribution in [0, 0.1) is 5.92 Å². The molecule has 2 N–H and O–H groups in total. The highest BCUT2D eigenvalue weighted by atomic mass is 16.5. The van der Waals surface area contributed by atoms with Crippen molar-refractivity contribution in [3.63, 3.8) is 0 Å². The maximum atomic E-state index is 12.2. The van der Waals surface area contributed by atoms with E-state index in [4.69, 9.17) is 14.6 Å². The van der Waals surface area contributed by atoms with E-state index in [9.17, 15) is 9.59 Å². The summed E-state index contributed by atoms with van der Waals surface area (Å²) >= 11 is 0. The monoisotopic (exact) mass is 300 g/mol. The van der Waals surface area contributed by atoms with Gasteiger partial charge in [-0.3, -0.25) is 4.79 Å². The molecule has 2 aliphatic rings. The Kier molecular flexibility index (Phi) is 5.81. The highest BCUT2D eigenvalue weighted by molar-refractivity contribution is 5.74. The third kappa shape index (κ3) is 4.57. The van der Waals surface area contributed by atoms with Gasteiger partial charge >= 0.3 is 12.0 Å². The normalized spacial score (nSPS) is 29.4. The van der Waals surface area contributed by atoms with E-state index in [0.29, 0.717) is 32.2 Å². The van der Waals surface area contributed by atoms with Gasteiger partial charge in [0.2, 0.25) is 0 Å². The van der Waals surface area contributed by atoms with Gasteiger partial charge in [0.25, 0.3) is 0 Å². The molecule has 0 bridgehead atoms. The SMILES string of the molecule is CCC1OCCC1CNC(=O)N1CCOC(CC(=O)O)C1. The van der Waals surface area contributed by atoms with E-state index in [-0.39, 0.29) is 18.6 Å². The summed E-state index contributed by atoms with van der Waals surface area (Å²) in [7, 11) is 0. The van der Waals surface area contributed by atoms with Crippen LogP contribution in [0.2, 0.25) is 0 Å². The van der Waals surface area contributed by atoms with Crippen molar-refractivity contribution < 1.29 is 24.2 Å². The number of carbonyl (C=O) groups is 2. The summed E-state index contributed by atoms with van der Waals surface area (Å²) in [6, 6.07) is -0.143. The molecule has 21 heavy (non-hydrogen) atoms. The van der Waals surface area contributed by atoms with Crippen molar-refractivity contribution >= 4 is 12.0 Å². The smallest absolute Gasteiger partial charge is 0.317 e. The fourth-order valence-electron chi connectivity index (χ4n) is 2.93. The Balaban J connectivity index is 1.76.